The van der Waals surface area contributed by atoms with Gasteiger partial charge in [0.1, 0.15) is 13.2 Å². The molecule has 4 nitrogen and oxygen atoms in total. The van der Waals surface area contributed by atoms with Gasteiger partial charge < -0.3 is 33.2 Å². The van der Waals surface area contributed by atoms with E-state index in [-0.39, 0.29) is 30.1 Å². The standard InChI is InChI=1S/C19H26N2O2.HI/c1-4-21(5-2,6-3)13-14-23-19(22)20-18-12-11-16-9-7-8-10-17(16)15-18;/h7-12,15H,4-6,13-14H2,1-3H3;1H. The highest BCUT2D eigenvalue weighted by molar-refractivity contribution is 5.91. The number of carbonyl (C=O) groups excluding carboxylic acids is 1. The summed E-state index contributed by atoms with van der Waals surface area (Å²) in [4.78, 5) is 12.0. The van der Waals surface area contributed by atoms with Crippen molar-refractivity contribution in [1.29, 1.82) is 0 Å². The molecule has 1 amide bonds. The average Bonchev–Trinajstić information content (AvgIpc) is 2.59. The van der Waals surface area contributed by atoms with E-state index in [1.807, 2.05) is 36.4 Å². The van der Waals surface area contributed by atoms with Crippen LogP contribution in [0.5, 0.6) is 0 Å². The minimum atomic E-state index is -0.387. The van der Waals surface area contributed by atoms with E-state index in [4.69, 9.17) is 4.74 Å². The Labute approximate surface area is 161 Å². The van der Waals surface area contributed by atoms with Gasteiger partial charge in [-0.3, -0.25) is 5.32 Å². The van der Waals surface area contributed by atoms with E-state index in [1.165, 1.54) is 0 Å². The minimum absolute atomic E-state index is 0. The van der Waals surface area contributed by atoms with Gasteiger partial charge in [0.25, 0.3) is 0 Å². The molecule has 2 aromatic carbocycles. The van der Waals surface area contributed by atoms with E-state index in [0.717, 1.165) is 47.1 Å². The van der Waals surface area contributed by atoms with Gasteiger partial charge in [-0.1, -0.05) is 30.3 Å². The van der Waals surface area contributed by atoms with Crippen molar-refractivity contribution in [2.24, 2.45) is 0 Å². The Morgan fingerprint density at radius 1 is 1.00 bits per heavy atom. The lowest BCUT2D eigenvalue weighted by molar-refractivity contribution is -0.923. The molecule has 5 heteroatoms. The van der Waals surface area contributed by atoms with Gasteiger partial charge in [0, 0.05) is 5.69 Å². The van der Waals surface area contributed by atoms with E-state index in [9.17, 15) is 4.79 Å². The van der Waals surface area contributed by atoms with E-state index in [0.29, 0.717) is 6.61 Å². The summed E-state index contributed by atoms with van der Waals surface area (Å²) >= 11 is 0. The summed E-state index contributed by atoms with van der Waals surface area (Å²) in [6.07, 6.45) is -0.387. The summed E-state index contributed by atoms with van der Waals surface area (Å²) in [7, 11) is 0. The van der Waals surface area contributed by atoms with Crippen LogP contribution >= 0.6 is 0 Å². The maximum Gasteiger partial charge on any atom is 0.411 e. The van der Waals surface area contributed by atoms with Crippen LogP contribution in [0.4, 0.5) is 10.5 Å². The predicted molar refractivity (Wildman–Crippen MR) is 95.7 cm³/mol. The highest BCUT2D eigenvalue weighted by atomic mass is 127. The molecule has 0 radical (unpaired) electrons. The Balaban J connectivity index is 0.00000288. The molecule has 0 atom stereocenters. The molecule has 0 aliphatic heterocycles. The molecule has 0 bridgehead atoms. The number of hydrogen-bond acceptors (Lipinski definition) is 2. The molecule has 0 aliphatic rings. The number of nitrogens with one attached hydrogen (secondary N) is 1. The molecule has 2 rings (SSSR count). The van der Waals surface area contributed by atoms with Gasteiger partial charge >= 0.3 is 6.09 Å². The Kier molecular flexibility index (Phi) is 8.48. The Morgan fingerprint density at radius 2 is 1.62 bits per heavy atom. The average molecular weight is 442 g/mol. The molecular formula is C19H27IN2O2. The van der Waals surface area contributed by atoms with Crippen molar-refractivity contribution in [3.05, 3.63) is 42.5 Å². The minimum Gasteiger partial charge on any atom is -1.00 e. The van der Waals surface area contributed by atoms with Crippen LogP contribution in [0.3, 0.4) is 0 Å². The van der Waals surface area contributed by atoms with Crippen molar-refractivity contribution in [2.45, 2.75) is 20.8 Å². The third kappa shape index (κ3) is 5.34. The first-order valence-electron chi connectivity index (χ1n) is 8.40. The number of fused-ring (bicyclic) bond motifs is 1. The highest BCUT2D eigenvalue weighted by Crippen LogP contribution is 2.18. The van der Waals surface area contributed by atoms with E-state index < -0.39 is 0 Å². The largest absolute Gasteiger partial charge is 1.00 e. The summed E-state index contributed by atoms with van der Waals surface area (Å²) in [6.45, 7) is 11.0. The maximum absolute atomic E-state index is 12.0. The molecule has 2 aromatic rings. The van der Waals surface area contributed by atoms with E-state index in [2.05, 4.69) is 32.2 Å². The number of nitrogens with zero attached hydrogens (tertiary/aromatic N) is 1. The van der Waals surface area contributed by atoms with Crippen molar-refractivity contribution in [1.82, 2.24) is 0 Å². The lowest BCUT2D eigenvalue weighted by Crippen LogP contribution is -3.00. The Hall–Kier alpha value is -1.34. The number of benzene rings is 2. The van der Waals surface area contributed by atoms with Crippen LogP contribution in [0.25, 0.3) is 10.8 Å². The lowest BCUT2D eigenvalue weighted by Gasteiger charge is -2.35. The smallest absolute Gasteiger partial charge is 0.411 e. The molecule has 0 saturated heterocycles. The molecule has 1 N–H and O–H groups in total. The maximum atomic E-state index is 12.0. The van der Waals surface area contributed by atoms with Crippen LogP contribution in [0.15, 0.2) is 42.5 Å². The van der Waals surface area contributed by atoms with E-state index >= 15 is 0 Å². The molecule has 132 valence electrons. The molecule has 24 heavy (non-hydrogen) atoms. The van der Waals surface area contributed by atoms with Crippen molar-refractivity contribution in [3.63, 3.8) is 0 Å². The monoisotopic (exact) mass is 442 g/mol. The van der Waals surface area contributed by atoms with Gasteiger partial charge in [-0.25, -0.2) is 4.79 Å². The zero-order valence-corrected chi connectivity index (χ0v) is 16.9. The van der Waals surface area contributed by atoms with Gasteiger partial charge in [-0.2, -0.15) is 0 Å². The van der Waals surface area contributed by atoms with Crippen molar-refractivity contribution in [2.75, 3.05) is 38.1 Å². The zero-order chi connectivity index (χ0) is 16.7. The lowest BCUT2D eigenvalue weighted by atomic mass is 10.1. The third-order valence-corrected chi connectivity index (χ3v) is 4.81. The fraction of sp³-hybridized carbons (Fsp3) is 0.421. The van der Waals surface area contributed by atoms with Gasteiger partial charge in [-0.05, 0) is 43.7 Å². The number of anilines is 1. The first kappa shape index (κ1) is 20.7. The molecule has 0 aliphatic carbocycles. The van der Waals surface area contributed by atoms with Gasteiger partial charge in [0.05, 0.1) is 19.6 Å². The van der Waals surface area contributed by atoms with Crippen LogP contribution in [0, 0.1) is 0 Å². The quantitative estimate of drug-likeness (QED) is 0.518. The normalized spacial score (nSPS) is 11.0. The fourth-order valence-corrected chi connectivity index (χ4v) is 2.90. The number of rotatable bonds is 7. The molecule has 0 unspecified atom stereocenters. The van der Waals surface area contributed by atoms with Crippen LogP contribution in [-0.4, -0.2) is 43.4 Å². The van der Waals surface area contributed by atoms with Gasteiger partial charge in [0.15, 0.2) is 0 Å². The number of likely N-dealkylation sites (N-methyl/N-ethyl adjacent to an activating group) is 1. The van der Waals surface area contributed by atoms with Crippen LogP contribution < -0.4 is 29.3 Å². The fourth-order valence-electron chi connectivity index (χ4n) is 2.90. The third-order valence-electron chi connectivity index (χ3n) is 4.81. The summed E-state index contributed by atoms with van der Waals surface area (Å²) in [5, 5.41) is 5.06. The van der Waals surface area contributed by atoms with Crippen LogP contribution in [0.2, 0.25) is 0 Å². The van der Waals surface area contributed by atoms with Gasteiger partial charge in [0.2, 0.25) is 0 Å². The summed E-state index contributed by atoms with van der Waals surface area (Å²) in [6, 6.07) is 13.9. The van der Waals surface area contributed by atoms with Crippen LogP contribution in [0.1, 0.15) is 20.8 Å². The van der Waals surface area contributed by atoms with Crippen molar-refractivity contribution in [3.8, 4) is 0 Å². The Bertz CT molecular complexity index is 648. The predicted octanol–water partition coefficient (Wildman–Crippen LogP) is 1.27. The molecular weight excluding hydrogens is 415 g/mol. The zero-order valence-electron chi connectivity index (χ0n) is 14.7. The number of hydrogen-bond donors (Lipinski definition) is 1. The first-order valence-corrected chi connectivity index (χ1v) is 8.40. The van der Waals surface area contributed by atoms with Gasteiger partial charge in [-0.15, -0.1) is 0 Å². The summed E-state index contributed by atoms with van der Waals surface area (Å²) < 4.78 is 6.33. The molecule has 0 fully saturated rings. The molecule has 0 saturated carbocycles. The topological polar surface area (TPSA) is 38.3 Å². The number of ether oxygens (including phenoxy) is 1. The first-order chi connectivity index (χ1) is 11.1. The van der Waals surface area contributed by atoms with Crippen molar-refractivity contribution >= 4 is 22.6 Å². The summed E-state index contributed by atoms with van der Waals surface area (Å²) in [5.41, 5.74) is 0.760. The highest BCUT2D eigenvalue weighted by Gasteiger charge is 2.20. The van der Waals surface area contributed by atoms with Crippen LogP contribution in [-0.2, 0) is 4.74 Å². The molecule has 0 spiro atoms. The SMILES string of the molecule is CC[N+](CC)(CC)CCOC(=O)Nc1ccc2ccccc2c1.[I-]. The number of halogens is 1. The molecule has 0 aromatic heterocycles. The van der Waals surface area contributed by atoms with E-state index in [1.54, 1.807) is 0 Å². The number of quaternary nitrogens is 1. The molecule has 0 heterocycles. The number of amides is 1. The second-order valence-corrected chi connectivity index (χ2v) is 5.84. The number of carbonyl (C=O) groups is 1. The summed E-state index contributed by atoms with van der Waals surface area (Å²) in [5.74, 6) is 0. The second-order valence-electron chi connectivity index (χ2n) is 5.84. The Morgan fingerprint density at radius 3 is 2.25 bits per heavy atom. The second kappa shape index (κ2) is 9.84. The van der Waals surface area contributed by atoms with Crippen molar-refractivity contribution < 1.29 is 38.0 Å².